The van der Waals surface area contributed by atoms with Crippen molar-refractivity contribution in [2.45, 2.75) is 39.3 Å². The monoisotopic (exact) mass is 520 g/mol. The lowest BCUT2D eigenvalue weighted by molar-refractivity contribution is 0.0657. The number of aryl methyl sites for hydroxylation is 2. The van der Waals surface area contributed by atoms with Gasteiger partial charge in [-0.1, -0.05) is 6.07 Å². The number of thiophene rings is 1. The van der Waals surface area contributed by atoms with E-state index in [1.165, 1.54) is 4.88 Å². The topological polar surface area (TPSA) is 73.0 Å². The SMILES string of the molecule is CCNC(=NCC(C)(O)c1cc(C)oc1C)NCC(c1cccs1)N(C)C.I. The minimum absolute atomic E-state index is 0. The minimum atomic E-state index is -1.08. The van der Waals surface area contributed by atoms with E-state index in [0.29, 0.717) is 5.96 Å². The number of likely N-dealkylation sites (N-methyl/N-ethyl adjacent to an activating group) is 1. The number of hydrogen-bond acceptors (Lipinski definition) is 5. The Morgan fingerprint density at radius 2 is 2.07 bits per heavy atom. The summed E-state index contributed by atoms with van der Waals surface area (Å²) in [6.45, 7) is 9.27. The van der Waals surface area contributed by atoms with Crippen molar-refractivity contribution in [3.05, 3.63) is 45.5 Å². The summed E-state index contributed by atoms with van der Waals surface area (Å²) in [6, 6.07) is 6.36. The van der Waals surface area contributed by atoms with Gasteiger partial charge < -0.3 is 25.1 Å². The third kappa shape index (κ3) is 6.75. The summed E-state index contributed by atoms with van der Waals surface area (Å²) < 4.78 is 5.56. The van der Waals surface area contributed by atoms with E-state index in [9.17, 15) is 5.11 Å². The van der Waals surface area contributed by atoms with Crippen molar-refractivity contribution in [3.63, 3.8) is 0 Å². The fourth-order valence-corrected chi connectivity index (χ4v) is 3.96. The molecule has 0 spiro atoms. The Hall–Kier alpha value is -1.10. The van der Waals surface area contributed by atoms with E-state index in [2.05, 4.69) is 52.1 Å². The van der Waals surface area contributed by atoms with Crippen LogP contribution in [0.25, 0.3) is 0 Å². The lowest BCUT2D eigenvalue weighted by Gasteiger charge is -2.25. The average molecular weight is 520 g/mol. The maximum absolute atomic E-state index is 10.9. The van der Waals surface area contributed by atoms with Crippen LogP contribution in [-0.4, -0.2) is 49.7 Å². The molecule has 0 saturated carbocycles. The summed E-state index contributed by atoms with van der Waals surface area (Å²) in [7, 11) is 4.15. The molecule has 2 atom stereocenters. The number of rotatable bonds is 8. The predicted molar refractivity (Wildman–Crippen MR) is 128 cm³/mol. The van der Waals surface area contributed by atoms with Gasteiger partial charge in [0.2, 0.25) is 0 Å². The van der Waals surface area contributed by atoms with Crippen LogP contribution in [0.3, 0.4) is 0 Å². The number of nitrogens with zero attached hydrogens (tertiary/aromatic N) is 2. The summed E-state index contributed by atoms with van der Waals surface area (Å²) in [5.41, 5.74) is -0.303. The highest BCUT2D eigenvalue weighted by Gasteiger charge is 2.27. The van der Waals surface area contributed by atoms with Gasteiger partial charge in [-0.15, -0.1) is 35.3 Å². The molecule has 0 aliphatic carbocycles. The molecule has 28 heavy (non-hydrogen) atoms. The van der Waals surface area contributed by atoms with Gasteiger partial charge in [0, 0.05) is 23.5 Å². The lowest BCUT2D eigenvalue weighted by Crippen LogP contribution is -2.42. The maximum Gasteiger partial charge on any atom is 0.191 e. The Kier molecular flexibility index (Phi) is 9.96. The van der Waals surface area contributed by atoms with Gasteiger partial charge in [-0.2, -0.15) is 0 Å². The molecule has 8 heteroatoms. The zero-order chi connectivity index (χ0) is 20.0. The third-order valence-corrected chi connectivity index (χ3v) is 5.44. The Labute approximate surface area is 189 Å². The van der Waals surface area contributed by atoms with Crippen molar-refractivity contribution < 1.29 is 9.52 Å². The number of aliphatic imine (C=N–C) groups is 1. The first kappa shape index (κ1) is 24.9. The van der Waals surface area contributed by atoms with Crippen LogP contribution in [0.5, 0.6) is 0 Å². The van der Waals surface area contributed by atoms with Gasteiger partial charge in [0.15, 0.2) is 5.96 Å². The molecule has 2 aromatic heterocycles. The number of aliphatic hydroxyl groups is 1. The van der Waals surface area contributed by atoms with Gasteiger partial charge >= 0.3 is 0 Å². The molecule has 0 amide bonds. The second kappa shape index (κ2) is 11.2. The van der Waals surface area contributed by atoms with Gasteiger partial charge in [-0.3, -0.25) is 0 Å². The van der Waals surface area contributed by atoms with E-state index in [1.54, 1.807) is 18.3 Å². The first-order chi connectivity index (χ1) is 12.7. The van der Waals surface area contributed by atoms with E-state index in [1.807, 2.05) is 26.8 Å². The Balaban J connectivity index is 0.00000392. The van der Waals surface area contributed by atoms with Crippen molar-refractivity contribution >= 4 is 41.3 Å². The summed E-state index contributed by atoms with van der Waals surface area (Å²) in [6.07, 6.45) is 0. The van der Waals surface area contributed by atoms with Crippen molar-refractivity contribution in [1.82, 2.24) is 15.5 Å². The fourth-order valence-electron chi connectivity index (χ4n) is 3.04. The van der Waals surface area contributed by atoms with Gasteiger partial charge in [-0.05, 0) is 59.3 Å². The highest BCUT2D eigenvalue weighted by Crippen LogP contribution is 2.27. The van der Waals surface area contributed by atoms with Crippen LogP contribution in [0, 0.1) is 13.8 Å². The molecule has 0 radical (unpaired) electrons. The molecule has 3 N–H and O–H groups in total. The largest absolute Gasteiger partial charge is 0.466 e. The van der Waals surface area contributed by atoms with E-state index in [4.69, 9.17) is 4.42 Å². The quantitative estimate of drug-likeness (QED) is 0.282. The molecule has 6 nitrogen and oxygen atoms in total. The average Bonchev–Trinajstić information content (AvgIpc) is 3.22. The van der Waals surface area contributed by atoms with E-state index < -0.39 is 5.60 Å². The van der Waals surface area contributed by atoms with Gasteiger partial charge in [0.1, 0.15) is 17.1 Å². The van der Waals surface area contributed by atoms with Crippen LogP contribution in [-0.2, 0) is 5.60 Å². The number of hydrogen-bond donors (Lipinski definition) is 3. The molecule has 0 saturated heterocycles. The smallest absolute Gasteiger partial charge is 0.191 e. The van der Waals surface area contributed by atoms with Crippen molar-refractivity contribution in [1.29, 1.82) is 0 Å². The molecule has 158 valence electrons. The van der Waals surface area contributed by atoms with Crippen LogP contribution in [0.2, 0.25) is 0 Å². The number of furan rings is 1. The molecule has 0 aliphatic rings. The number of guanidine groups is 1. The van der Waals surface area contributed by atoms with Crippen LogP contribution in [0.4, 0.5) is 0 Å². The highest BCUT2D eigenvalue weighted by atomic mass is 127. The van der Waals surface area contributed by atoms with Gasteiger partial charge in [0.05, 0.1) is 12.6 Å². The standard InChI is InChI=1S/C20H32N4O2S.HI/c1-7-21-19(22-12-17(24(5)6)18-9-8-10-27-18)23-13-20(4,25)16-11-14(2)26-15(16)3;/h8-11,17,25H,7,12-13H2,1-6H3,(H2,21,22,23);1H. The number of halogens is 1. The molecule has 2 unspecified atom stereocenters. The lowest BCUT2D eigenvalue weighted by atomic mass is 9.96. The molecule has 2 rings (SSSR count). The minimum Gasteiger partial charge on any atom is -0.466 e. The molecule has 0 fully saturated rings. The molecule has 2 aromatic rings. The molecular weight excluding hydrogens is 487 g/mol. The first-order valence-electron chi connectivity index (χ1n) is 9.26. The Bertz CT molecular complexity index is 741. The summed E-state index contributed by atoms with van der Waals surface area (Å²) in [5, 5.41) is 19.6. The van der Waals surface area contributed by atoms with Gasteiger partial charge in [0.25, 0.3) is 0 Å². The van der Waals surface area contributed by atoms with Gasteiger partial charge in [-0.25, -0.2) is 4.99 Å². The van der Waals surface area contributed by atoms with Crippen LogP contribution >= 0.6 is 35.3 Å². The molecule has 0 bridgehead atoms. The zero-order valence-electron chi connectivity index (χ0n) is 17.6. The van der Waals surface area contributed by atoms with Crippen LogP contribution < -0.4 is 10.6 Å². The number of nitrogens with one attached hydrogen (secondary N) is 2. The normalized spacial score (nSPS) is 15.1. The van der Waals surface area contributed by atoms with Crippen molar-refractivity contribution in [2.75, 3.05) is 33.7 Å². The molecule has 0 aromatic carbocycles. The molecule has 0 aliphatic heterocycles. The summed E-state index contributed by atoms with van der Waals surface area (Å²) in [4.78, 5) is 8.11. The fraction of sp³-hybridized carbons (Fsp3) is 0.550. The second-order valence-corrected chi connectivity index (χ2v) is 8.15. The first-order valence-corrected chi connectivity index (χ1v) is 10.1. The maximum atomic E-state index is 10.9. The molecule has 2 heterocycles. The van der Waals surface area contributed by atoms with E-state index in [0.717, 1.165) is 30.2 Å². The molecular formula is C20H33IN4O2S. The Morgan fingerprint density at radius 3 is 2.57 bits per heavy atom. The predicted octanol–water partition coefficient (Wildman–Crippen LogP) is 3.64. The summed E-state index contributed by atoms with van der Waals surface area (Å²) in [5.74, 6) is 2.22. The zero-order valence-corrected chi connectivity index (χ0v) is 20.7. The van der Waals surface area contributed by atoms with E-state index >= 15 is 0 Å². The Morgan fingerprint density at radius 1 is 1.36 bits per heavy atom. The van der Waals surface area contributed by atoms with Crippen LogP contribution in [0.1, 0.15) is 41.9 Å². The highest BCUT2D eigenvalue weighted by molar-refractivity contribution is 14.0. The van der Waals surface area contributed by atoms with Crippen LogP contribution in [0.15, 0.2) is 33.0 Å². The van der Waals surface area contributed by atoms with Crippen molar-refractivity contribution in [3.8, 4) is 0 Å². The summed E-state index contributed by atoms with van der Waals surface area (Å²) >= 11 is 1.75. The van der Waals surface area contributed by atoms with Crippen molar-refractivity contribution in [2.24, 2.45) is 4.99 Å². The second-order valence-electron chi connectivity index (χ2n) is 7.17. The third-order valence-electron chi connectivity index (χ3n) is 4.47. The van der Waals surface area contributed by atoms with E-state index in [-0.39, 0.29) is 36.6 Å².